The third-order valence-electron chi connectivity index (χ3n) is 0.784. The van der Waals surface area contributed by atoms with Crippen LogP contribution in [0.3, 0.4) is 0 Å². The number of nitrogens with one attached hydrogen (secondary N) is 3. The fraction of sp³-hybridized carbons (Fsp3) is 0. The Bertz CT molecular complexity index is 165. The largest absolute Gasteiger partial charge is 0.308 e. The number of hydrogen-bond acceptors (Lipinski definition) is 3. The molecule has 0 saturated carbocycles. The minimum absolute atomic E-state index is 0.0251. The quantitative estimate of drug-likeness (QED) is 0.461. The fourth-order valence-corrected chi connectivity index (χ4v) is 0.693. The molecule has 0 radical (unpaired) electrons. The first-order chi connectivity index (χ1) is 4.22. The molecule has 1 heterocycles. The van der Waals surface area contributed by atoms with Crippen LogP contribution in [0.5, 0.6) is 0 Å². The average molecular weight is 167 g/mol. The van der Waals surface area contributed by atoms with Gasteiger partial charge in [0.15, 0.2) is 5.84 Å². The van der Waals surface area contributed by atoms with Gasteiger partial charge in [-0.15, -0.1) is 5.53 Å². The normalized spacial score (nSPS) is 19.1. The van der Waals surface area contributed by atoms with Gasteiger partial charge in [0.1, 0.15) is 5.03 Å². The summed E-state index contributed by atoms with van der Waals surface area (Å²) in [5.41, 5.74) is 4.95. The maximum Gasteiger partial charge on any atom is 0.174 e. The first kappa shape index (κ1) is 6.67. The van der Waals surface area contributed by atoms with Gasteiger partial charge in [-0.3, -0.25) is 5.41 Å². The minimum atomic E-state index is 0.0251. The van der Waals surface area contributed by atoms with Crippen LogP contribution in [0.1, 0.15) is 0 Å². The molecule has 0 amide bonds. The van der Waals surface area contributed by atoms with Gasteiger partial charge >= 0.3 is 0 Å². The summed E-state index contributed by atoms with van der Waals surface area (Å²) in [6.07, 6.45) is 1.43. The molecule has 0 aliphatic carbocycles. The van der Waals surface area contributed by atoms with Gasteiger partial charge in [-0.2, -0.15) is 4.53 Å². The van der Waals surface area contributed by atoms with E-state index in [1.54, 1.807) is 0 Å². The zero-order chi connectivity index (χ0) is 6.85. The van der Waals surface area contributed by atoms with Gasteiger partial charge < -0.3 is 5.43 Å². The Morgan fingerprint density at radius 3 is 2.78 bits per heavy atom. The summed E-state index contributed by atoms with van der Waals surface area (Å²) < 4.78 is 0.947. The molecule has 0 aromatic carbocycles. The molecule has 0 aromatic heterocycles. The molecule has 0 fully saturated rings. The molecule has 0 unspecified atom stereocenters. The summed E-state index contributed by atoms with van der Waals surface area (Å²) in [4.78, 5) is 0. The second kappa shape index (κ2) is 2.43. The highest BCUT2D eigenvalue weighted by Gasteiger charge is 2.13. The summed E-state index contributed by atoms with van der Waals surface area (Å²) in [7, 11) is 0. The van der Waals surface area contributed by atoms with Gasteiger partial charge in [0.25, 0.3) is 0 Å². The second-order valence-corrected chi connectivity index (χ2v) is 2.12. The van der Waals surface area contributed by atoms with E-state index in [9.17, 15) is 0 Å². The van der Waals surface area contributed by atoms with Crippen molar-refractivity contribution in [3.05, 3.63) is 11.2 Å². The Hall–Kier alpha value is -0.450. The Kier molecular flexibility index (Phi) is 1.80. The number of hydrazine groups is 2. The lowest BCUT2D eigenvalue weighted by Crippen LogP contribution is -2.45. The van der Waals surface area contributed by atoms with E-state index in [2.05, 4.69) is 11.0 Å². The lowest BCUT2D eigenvalue weighted by molar-refractivity contribution is 0.416. The molecule has 1 aliphatic heterocycles. The summed E-state index contributed by atoms with van der Waals surface area (Å²) in [6, 6.07) is 0. The van der Waals surface area contributed by atoms with Crippen molar-refractivity contribution in [1.29, 1.82) is 5.41 Å². The van der Waals surface area contributed by atoms with E-state index in [1.807, 2.05) is 0 Å². The maximum atomic E-state index is 7.09. The highest BCUT2D eigenvalue weighted by Crippen LogP contribution is 2.08. The third kappa shape index (κ3) is 1.27. The van der Waals surface area contributed by atoms with Crippen LogP contribution in [0.25, 0.3) is 0 Å². The van der Waals surface area contributed by atoms with Crippen LogP contribution in [0.15, 0.2) is 11.2 Å². The highest BCUT2D eigenvalue weighted by molar-refractivity contribution is 6.45. The monoisotopic (exact) mass is 166 g/mol. The predicted molar refractivity (Wildman–Crippen MR) is 35.6 cm³/mol. The summed E-state index contributed by atoms with van der Waals surface area (Å²) in [6.45, 7) is 0. The van der Waals surface area contributed by atoms with Crippen LogP contribution in [-0.2, 0) is 0 Å². The van der Waals surface area contributed by atoms with Gasteiger partial charge in [0.05, 0.1) is 0 Å². The third-order valence-corrected chi connectivity index (χ3v) is 1.33. The molecule has 9 heavy (non-hydrogen) atoms. The topological polar surface area (TPSA) is 51.2 Å². The number of nitrogens with zero attached hydrogens (tertiary/aromatic N) is 1. The summed E-state index contributed by atoms with van der Waals surface area (Å²) in [5.74, 6) is 0.0251. The van der Waals surface area contributed by atoms with E-state index in [4.69, 9.17) is 28.8 Å². The van der Waals surface area contributed by atoms with Gasteiger partial charge in [0, 0.05) is 18.0 Å². The molecule has 0 saturated heterocycles. The van der Waals surface area contributed by atoms with Crippen molar-refractivity contribution in [2.75, 3.05) is 0 Å². The lowest BCUT2D eigenvalue weighted by Gasteiger charge is -2.20. The Morgan fingerprint density at radius 1 is 1.67 bits per heavy atom. The number of rotatable bonds is 0. The minimum Gasteiger partial charge on any atom is -0.308 e. The van der Waals surface area contributed by atoms with Gasteiger partial charge in [-0.1, -0.05) is 11.6 Å². The van der Waals surface area contributed by atoms with E-state index >= 15 is 0 Å². The first-order valence-corrected chi connectivity index (χ1v) is 2.85. The van der Waals surface area contributed by atoms with Crippen LogP contribution in [-0.4, -0.2) is 10.4 Å². The smallest absolute Gasteiger partial charge is 0.174 e. The maximum absolute atomic E-state index is 7.09. The Labute approximate surface area is 62.0 Å². The van der Waals surface area contributed by atoms with E-state index in [0.29, 0.717) is 0 Å². The van der Waals surface area contributed by atoms with Gasteiger partial charge in [-0.05, 0) is 0 Å². The van der Waals surface area contributed by atoms with Crippen molar-refractivity contribution in [1.82, 2.24) is 15.5 Å². The SMILES string of the molecule is N=C1C(Cl)=CNNN1Cl. The molecule has 6 heteroatoms. The second-order valence-electron chi connectivity index (χ2n) is 1.38. The van der Waals surface area contributed by atoms with Crippen LogP contribution in [0.2, 0.25) is 0 Å². The fourth-order valence-electron chi connectivity index (χ4n) is 0.370. The zero-order valence-corrected chi connectivity index (χ0v) is 5.79. The molecular formula is C3H4Cl2N4. The van der Waals surface area contributed by atoms with Crippen molar-refractivity contribution >= 4 is 29.2 Å². The molecule has 1 rings (SSSR count). The number of amidine groups is 1. The van der Waals surface area contributed by atoms with Crippen molar-refractivity contribution < 1.29 is 0 Å². The van der Waals surface area contributed by atoms with Crippen LogP contribution in [0.4, 0.5) is 0 Å². The molecule has 4 nitrogen and oxygen atoms in total. The van der Waals surface area contributed by atoms with Crippen LogP contribution in [0, 0.1) is 5.41 Å². The van der Waals surface area contributed by atoms with Gasteiger partial charge in [0.2, 0.25) is 0 Å². The van der Waals surface area contributed by atoms with Crippen molar-refractivity contribution in [2.45, 2.75) is 0 Å². The molecule has 0 atom stereocenters. The molecule has 1 aliphatic rings. The standard InChI is InChI=1S/C3H4Cl2N4/c4-2-1-7-8-9(5)3(2)6/h1,6-8H. The van der Waals surface area contributed by atoms with E-state index in [1.165, 1.54) is 6.20 Å². The van der Waals surface area contributed by atoms with E-state index in [-0.39, 0.29) is 10.9 Å². The molecule has 0 spiro atoms. The van der Waals surface area contributed by atoms with Crippen molar-refractivity contribution in [2.24, 2.45) is 0 Å². The lowest BCUT2D eigenvalue weighted by atomic mass is 10.5. The van der Waals surface area contributed by atoms with E-state index in [0.717, 1.165) is 4.53 Å². The molecule has 50 valence electrons. The Balaban J connectivity index is 2.74. The molecule has 0 aromatic rings. The van der Waals surface area contributed by atoms with E-state index < -0.39 is 0 Å². The summed E-state index contributed by atoms with van der Waals surface area (Å²) >= 11 is 10.8. The molecule has 3 N–H and O–H groups in total. The summed E-state index contributed by atoms with van der Waals surface area (Å²) in [5, 5.41) is 7.36. The Morgan fingerprint density at radius 2 is 2.33 bits per heavy atom. The first-order valence-electron chi connectivity index (χ1n) is 2.13. The van der Waals surface area contributed by atoms with Gasteiger partial charge in [-0.25, -0.2) is 0 Å². The number of halogens is 2. The average Bonchev–Trinajstić information content (AvgIpc) is 1.83. The molecule has 0 bridgehead atoms. The predicted octanol–water partition coefficient (Wildman–Crippen LogP) is 0.522. The zero-order valence-electron chi connectivity index (χ0n) is 4.28. The van der Waals surface area contributed by atoms with Crippen LogP contribution < -0.4 is 11.0 Å². The van der Waals surface area contributed by atoms with Crippen LogP contribution >= 0.6 is 23.4 Å². The number of hydrogen-bond donors (Lipinski definition) is 3. The van der Waals surface area contributed by atoms with Crippen molar-refractivity contribution in [3.63, 3.8) is 0 Å². The highest BCUT2D eigenvalue weighted by atomic mass is 35.5. The molecular weight excluding hydrogens is 163 g/mol. The van der Waals surface area contributed by atoms with Crippen molar-refractivity contribution in [3.8, 4) is 0 Å².